The van der Waals surface area contributed by atoms with Crippen molar-refractivity contribution in [3.63, 3.8) is 0 Å². The first-order valence-corrected chi connectivity index (χ1v) is 6.67. The highest BCUT2D eigenvalue weighted by atomic mass is 79.9. The van der Waals surface area contributed by atoms with Gasteiger partial charge in [0, 0.05) is 17.0 Å². The SMILES string of the molecule is O=C(CCc1cccc(Br)c1)Nc1cc(C(=O)O)[nH]n1. The lowest BCUT2D eigenvalue weighted by atomic mass is 10.1. The lowest BCUT2D eigenvalue weighted by molar-refractivity contribution is -0.116. The predicted octanol–water partition coefficient (Wildman–Crippen LogP) is 2.44. The van der Waals surface area contributed by atoms with Crippen LogP contribution < -0.4 is 5.32 Å². The van der Waals surface area contributed by atoms with Crippen LogP contribution in [0.2, 0.25) is 0 Å². The first-order chi connectivity index (χ1) is 9.54. The van der Waals surface area contributed by atoms with Gasteiger partial charge in [0.2, 0.25) is 5.91 Å². The normalized spacial score (nSPS) is 10.2. The van der Waals surface area contributed by atoms with E-state index >= 15 is 0 Å². The van der Waals surface area contributed by atoms with Crippen LogP contribution in [0.1, 0.15) is 22.5 Å². The second kappa shape index (κ2) is 6.33. The first-order valence-electron chi connectivity index (χ1n) is 5.87. The van der Waals surface area contributed by atoms with Gasteiger partial charge in [0.15, 0.2) is 5.82 Å². The second-order valence-corrected chi connectivity index (χ2v) is 5.07. The highest BCUT2D eigenvalue weighted by Gasteiger charge is 2.10. The summed E-state index contributed by atoms with van der Waals surface area (Å²) in [6.45, 7) is 0. The maximum atomic E-state index is 11.7. The molecule has 1 heterocycles. The van der Waals surface area contributed by atoms with Crippen LogP contribution in [0.5, 0.6) is 0 Å². The number of anilines is 1. The van der Waals surface area contributed by atoms with Crippen LogP contribution in [-0.2, 0) is 11.2 Å². The standard InChI is InChI=1S/C13H12BrN3O3/c14-9-3-1-2-8(6-9)4-5-12(18)15-11-7-10(13(19)20)16-17-11/h1-3,6-7H,4-5H2,(H,19,20)(H2,15,16,17,18). The van der Waals surface area contributed by atoms with Crippen LogP contribution in [0.4, 0.5) is 5.82 Å². The average Bonchev–Trinajstić information content (AvgIpc) is 2.85. The van der Waals surface area contributed by atoms with Crippen LogP contribution in [0.25, 0.3) is 0 Å². The Hall–Kier alpha value is -2.15. The topological polar surface area (TPSA) is 95.1 Å². The highest BCUT2D eigenvalue weighted by molar-refractivity contribution is 9.10. The molecule has 0 aliphatic rings. The Morgan fingerprint density at radius 1 is 1.35 bits per heavy atom. The van der Waals surface area contributed by atoms with Crippen molar-refractivity contribution in [1.29, 1.82) is 0 Å². The lowest BCUT2D eigenvalue weighted by Crippen LogP contribution is -2.12. The van der Waals surface area contributed by atoms with Crippen LogP contribution >= 0.6 is 15.9 Å². The van der Waals surface area contributed by atoms with Crippen molar-refractivity contribution < 1.29 is 14.7 Å². The maximum absolute atomic E-state index is 11.7. The highest BCUT2D eigenvalue weighted by Crippen LogP contribution is 2.13. The number of rotatable bonds is 5. The molecule has 1 aromatic heterocycles. The van der Waals surface area contributed by atoms with Crippen LogP contribution in [-0.4, -0.2) is 27.2 Å². The van der Waals surface area contributed by atoms with Crippen molar-refractivity contribution in [3.05, 3.63) is 46.1 Å². The number of carbonyl (C=O) groups excluding carboxylic acids is 1. The molecule has 0 saturated carbocycles. The van der Waals surface area contributed by atoms with Gasteiger partial charge in [-0.2, -0.15) is 5.10 Å². The zero-order valence-corrected chi connectivity index (χ0v) is 12.0. The quantitative estimate of drug-likeness (QED) is 0.780. The summed E-state index contributed by atoms with van der Waals surface area (Å²) in [5.74, 6) is -1.12. The van der Waals surface area contributed by atoms with Crippen molar-refractivity contribution >= 4 is 33.6 Å². The molecule has 0 bridgehead atoms. The minimum Gasteiger partial charge on any atom is -0.477 e. The molecule has 0 atom stereocenters. The summed E-state index contributed by atoms with van der Waals surface area (Å²) in [6.07, 6.45) is 0.896. The Balaban J connectivity index is 1.87. The molecule has 0 spiro atoms. The summed E-state index contributed by atoms with van der Waals surface area (Å²) in [5.41, 5.74) is 0.982. The number of aromatic nitrogens is 2. The average molecular weight is 338 g/mol. The van der Waals surface area contributed by atoms with Gasteiger partial charge in [-0.25, -0.2) is 4.79 Å². The summed E-state index contributed by atoms with van der Waals surface area (Å²) in [5, 5.41) is 17.3. The third kappa shape index (κ3) is 3.92. The maximum Gasteiger partial charge on any atom is 0.353 e. The van der Waals surface area contributed by atoms with Crippen molar-refractivity contribution in [2.45, 2.75) is 12.8 Å². The summed E-state index contributed by atoms with van der Waals surface area (Å²) in [7, 11) is 0. The lowest BCUT2D eigenvalue weighted by Gasteiger charge is -2.02. The van der Waals surface area contributed by atoms with Gasteiger partial charge in [0.05, 0.1) is 0 Å². The van der Waals surface area contributed by atoms with Gasteiger partial charge in [0.1, 0.15) is 5.69 Å². The van der Waals surface area contributed by atoms with Gasteiger partial charge < -0.3 is 10.4 Å². The number of carboxylic acids is 1. The third-order valence-corrected chi connectivity index (χ3v) is 3.10. The molecule has 7 heteroatoms. The summed E-state index contributed by atoms with van der Waals surface area (Å²) < 4.78 is 0.966. The van der Waals surface area contributed by atoms with E-state index in [4.69, 9.17) is 5.11 Å². The Morgan fingerprint density at radius 3 is 2.80 bits per heavy atom. The predicted molar refractivity (Wildman–Crippen MR) is 76.6 cm³/mol. The molecule has 2 rings (SSSR count). The number of nitrogens with one attached hydrogen (secondary N) is 2. The van der Waals surface area contributed by atoms with E-state index in [0.29, 0.717) is 12.8 Å². The van der Waals surface area contributed by atoms with Crippen LogP contribution in [0.15, 0.2) is 34.8 Å². The van der Waals surface area contributed by atoms with Gasteiger partial charge in [-0.3, -0.25) is 9.89 Å². The molecule has 0 radical (unpaired) electrons. The van der Waals surface area contributed by atoms with Gasteiger partial charge in [-0.1, -0.05) is 28.1 Å². The molecule has 1 amide bonds. The molecule has 3 N–H and O–H groups in total. The Labute approximate surface area is 123 Å². The smallest absolute Gasteiger partial charge is 0.353 e. The number of hydrogen-bond acceptors (Lipinski definition) is 3. The number of carbonyl (C=O) groups is 2. The fraction of sp³-hybridized carbons (Fsp3) is 0.154. The number of halogens is 1. The number of aryl methyl sites for hydroxylation is 1. The van der Waals surface area contributed by atoms with Crippen molar-refractivity contribution in [2.75, 3.05) is 5.32 Å². The summed E-state index contributed by atoms with van der Waals surface area (Å²) >= 11 is 3.37. The molecule has 2 aromatic rings. The van der Waals surface area contributed by atoms with Crippen molar-refractivity contribution in [1.82, 2.24) is 10.2 Å². The molecule has 104 valence electrons. The molecular weight excluding hydrogens is 326 g/mol. The van der Waals surface area contributed by atoms with Crippen LogP contribution in [0.3, 0.4) is 0 Å². The van der Waals surface area contributed by atoms with Crippen molar-refractivity contribution in [2.24, 2.45) is 0 Å². The summed E-state index contributed by atoms with van der Waals surface area (Å²) in [4.78, 5) is 22.4. The number of aromatic amines is 1. The van der Waals surface area contributed by atoms with Gasteiger partial charge in [0.25, 0.3) is 0 Å². The molecule has 0 saturated heterocycles. The molecule has 0 fully saturated rings. The van der Waals surface area contributed by atoms with E-state index in [1.807, 2.05) is 24.3 Å². The van der Waals surface area contributed by atoms with E-state index in [-0.39, 0.29) is 17.4 Å². The fourth-order valence-electron chi connectivity index (χ4n) is 1.65. The van der Waals surface area contributed by atoms with E-state index in [1.165, 1.54) is 6.07 Å². The molecule has 1 aromatic carbocycles. The van der Waals surface area contributed by atoms with Crippen LogP contribution in [0, 0.1) is 0 Å². The Morgan fingerprint density at radius 2 is 2.15 bits per heavy atom. The number of nitrogens with zero attached hydrogens (tertiary/aromatic N) is 1. The molecular formula is C13H12BrN3O3. The first kappa shape index (κ1) is 14.3. The zero-order valence-electron chi connectivity index (χ0n) is 10.4. The van der Waals surface area contributed by atoms with E-state index in [9.17, 15) is 9.59 Å². The number of aromatic carboxylic acids is 1. The molecule has 0 aliphatic heterocycles. The van der Waals surface area contributed by atoms with E-state index < -0.39 is 5.97 Å². The summed E-state index contributed by atoms with van der Waals surface area (Å²) in [6, 6.07) is 8.99. The Kier molecular flexibility index (Phi) is 4.52. The van der Waals surface area contributed by atoms with Gasteiger partial charge in [-0.15, -0.1) is 0 Å². The van der Waals surface area contributed by atoms with Gasteiger partial charge >= 0.3 is 5.97 Å². The van der Waals surface area contributed by atoms with E-state index in [0.717, 1.165) is 10.0 Å². The number of H-pyrrole nitrogens is 1. The Bertz CT molecular complexity index is 639. The second-order valence-electron chi connectivity index (χ2n) is 4.15. The number of carboxylic acid groups (broad SMARTS) is 1. The largest absolute Gasteiger partial charge is 0.477 e. The molecule has 6 nitrogen and oxygen atoms in total. The molecule has 0 aliphatic carbocycles. The molecule has 0 unspecified atom stereocenters. The van der Waals surface area contributed by atoms with Gasteiger partial charge in [-0.05, 0) is 24.1 Å². The number of amides is 1. The fourth-order valence-corrected chi connectivity index (χ4v) is 2.10. The van der Waals surface area contributed by atoms with E-state index in [1.54, 1.807) is 0 Å². The van der Waals surface area contributed by atoms with Crippen molar-refractivity contribution in [3.8, 4) is 0 Å². The zero-order chi connectivity index (χ0) is 14.5. The third-order valence-electron chi connectivity index (χ3n) is 2.61. The number of hydrogen-bond donors (Lipinski definition) is 3. The number of benzene rings is 1. The molecule has 20 heavy (non-hydrogen) atoms. The minimum atomic E-state index is -1.12. The van der Waals surface area contributed by atoms with E-state index in [2.05, 4.69) is 31.4 Å². The minimum absolute atomic E-state index is 0.0627. The monoisotopic (exact) mass is 337 g/mol.